The summed E-state index contributed by atoms with van der Waals surface area (Å²) in [7, 11) is 1.62. The standard InChI is InChI=1S/C26H26N2O4/c1-17(29)18-9-11-20(12-10-18)27-25(30)19-6-5-15-28(16-19)26(31)23-13-14-24(32-2)22-8-4-3-7-21(22)23/h3-4,7-14,19H,5-6,15-16H2,1-2H3,(H,27,30)/t19-/m0/s1. The molecule has 1 saturated heterocycles. The number of ketones is 1. The van der Waals surface area contributed by atoms with Crippen molar-refractivity contribution in [3.8, 4) is 5.75 Å². The predicted octanol–water partition coefficient (Wildman–Crippen LogP) is 4.54. The number of hydrogen-bond donors (Lipinski definition) is 1. The average molecular weight is 431 g/mol. The number of likely N-dealkylation sites (tertiary alicyclic amines) is 1. The van der Waals surface area contributed by atoms with Crippen LogP contribution in [0.4, 0.5) is 5.69 Å². The normalized spacial score (nSPS) is 15.9. The number of rotatable bonds is 5. The van der Waals surface area contributed by atoms with Crippen molar-refractivity contribution in [2.75, 3.05) is 25.5 Å². The molecule has 2 amide bonds. The number of carbonyl (C=O) groups excluding carboxylic acids is 3. The fourth-order valence-corrected chi connectivity index (χ4v) is 4.21. The molecule has 6 nitrogen and oxygen atoms in total. The van der Waals surface area contributed by atoms with E-state index in [1.54, 1.807) is 42.3 Å². The lowest BCUT2D eigenvalue weighted by Crippen LogP contribution is -2.43. The Bertz CT molecular complexity index is 1170. The Balaban J connectivity index is 1.49. The molecule has 3 aromatic rings. The first-order chi connectivity index (χ1) is 15.5. The minimum absolute atomic E-state index is 0.0182. The molecule has 0 aromatic heterocycles. The fraction of sp³-hybridized carbons (Fsp3) is 0.269. The molecule has 1 heterocycles. The second-order valence-corrected chi connectivity index (χ2v) is 8.07. The number of carbonyl (C=O) groups is 3. The Morgan fingerprint density at radius 2 is 1.69 bits per heavy atom. The summed E-state index contributed by atoms with van der Waals surface area (Å²) in [6, 6.07) is 18.1. The lowest BCUT2D eigenvalue weighted by molar-refractivity contribution is -0.121. The van der Waals surface area contributed by atoms with Gasteiger partial charge in [0.05, 0.1) is 13.0 Å². The number of piperidine rings is 1. The number of benzene rings is 3. The number of hydrogen-bond acceptors (Lipinski definition) is 4. The van der Waals surface area contributed by atoms with Crippen molar-refractivity contribution in [3.05, 3.63) is 71.8 Å². The number of amides is 2. The van der Waals surface area contributed by atoms with Crippen LogP contribution in [0.2, 0.25) is 0 Å². The van der Waals surface area contributed by atoms with Gasteiger partial charge in [0.15, 0.2) is 5.78 Å². The van der Waals surface area contributed by atoms with Crippen molar-refractivity contribution < 1.29 is 19.1 Å². The van der Waals surface area contributed by atoms with Gasteiger partial charge < -0.3 is 15.0 Å². The zero-order chi connectivity index (χ0) is 22.7. The van der Waals surface area contributed by atoms with Gasteiger partial charge in [-0.3, -0.25) is 14.4 Å². The molecule has 0 saturated carbocycles. The first-order valence-corrected chi connectivity index (χ1v) is 10.7. The van der Waals surface area contributed by atoms with Crippen molar-refractivity contribution in [1.29, 1.82) is 0 Å². The molecule has 1 aliphatic heterocycles. The molecule has 0 radical (unpaired) electrons. The molecule has 4 rings (SSSR count). The molecule has 1 N–H and O–H groups in total. The molecule has 3 aromatic carbocycles. The summed E-state index contributed by atoms with van der Waals surface area (Å²) in [6.07, 6.45) is 1.49. The SMILES string of the molecule is COc1ccc(C(=O)N2CCC[C@H](C(=O)Nc3ccc(C(C)=O)cc3)C2)c2ccccc12. The second kappa shape index (κ2) is 9.22. The van der Waals surface area contributed by atoms with Gasteiger partial charge >= 0.3 is 0 Å². The van der Waals surface area contributed by atoms with Crippen LogP contribution >= 0.6 is 0 Å². The topological polar surface area (TPSA) is 75.7 Å². The minimum Gasteiger partial charge on any atom is -0.496 e. The van der Waals surface area contributed by atoms with Crippen LogP contribution in [0, 0.1) is 5.92 Å². The minimum atomic E-state index is -0.287. The highest BCUT2D eigenvalue weighted by Gasteiger charge is 2.29. The highest BCUT2D eigenvalue weighted by atomic mass is 16.5. The average Bonchev–Trinajstić information content (AvgIpc) is 2.83. The molecule has 1 atom stereocenters. The summed E-state index contributed by atoms with van der Waals surface area (Å²) in [5, 5.41) is 4.65. The zero-order valence-electron chi connectivity index (χ0n) is 18.3. The Labute approximate surface area is 187 Å². The smallest absolute Gasteiger partial charge is 0.254 e. The molecule has 1 fully saturated rings. The maximum atomic E-state index is 13.4. The number of ether oxygens (including phenoxy) is 1. The highest BCUT2D eigenvalue weighted by molar-refractivity contribution is 6.09. The van der Waals surface area contributed by atoms with E-state index >= 15 is 0 Å². The van der Waals surface area contributed by atoms with Gasteiger partial charge in [-0.1, -0.05) is 24.3 Å². The van der Waals surface area contributed by atoms with Gasteiger partial charge in [0.2, 0.25) is 5.91 Å². The van der Waals surface area contributed by atoms with Gasteiger partial charge in [-0.05, 0) is 61.5 Å². The van der Waals surface area contributed by atoms with Crippen molar-refractivity contribution in [2.45, 2.75) is 19.8 Å². The van der Waals surface area contributed by atoms with Gasteiger partial charge in [0, 0.05) is 35.3 Å². The third-order valence-electron chi connectivity index (χ3n) is 5.97. The molecule has 0 aliphatic carbocycles. The van der Waals surface area contributed by atoms with Gasteiger partial charge in [-0.15, -0.1) is 0 Å². The van der Waals surface area contributed by atoms with Crippen molar-refractivity contribution >= 4 is 34.1 Å². The number of nitrogens with zero attached hydrogens (tertiary/aromatic N) is 1. The lowest BCUT2D eigenvalue weighted by Gasteiger charge is -2.32. The Morgan fingerprint density at radius 3 is 2.38 bits per heavy atom. The van der Waals surface area contributed by atoms with Crippen LogP contribution in [0.5, 0.6) is 5.75 Å². The number of methoxy groups -OCH3 is 1. The van der Waals surface area contributed by atoms with E-state index in [1.807, 2.05) is 30.3 Å². The van der Waals surface area contributed by atoms with Gasteiger partial charge in [-0.25, -0.2) is 0 Å². The molecular formula is C26H26N2O4. The van der Waals surface area contributed by atoms with Crippen LogP contribution < -0.4 is 10.1 Å². The van der Waals surface area contributed by atoms with E-state index in [0.717, 1.165) is 29.4 Å². The van der Waals surface area contributed by atoms with Crippen LogP contribution in [0.15, 0.2) is 60.7 Å². The maximum Gasteiger partial charge on any atom is 0.254 e. The van der Waals surface area contributed by atoms with Crippen LogP contribution in [0.1, 0.15) is 40.5 Å². The Morgan fingerprint density at radius 1 is 0.969 bits per heavy atom. The van der Waals surface area contributed by atoms with E-state index in [-0.39, 0.29) is 23.5 Å². The first-order valence-electron chi connectivity index (χ1n) is 10.7. The van der Waals surface area contributed by atoms with E-state index < -0.39 is 0 Å². The van der Waals surface area contributed by atoms with Crippen LogP contribution in [-0.4, -0.2) is 42.7 Å². The fourth-order valence-electron chi connectivity index (χ4n) is 4.21. The first kappa shape index (κ1) is 21.6. The molecule has 0 unspecified atom stereocenters. The van der Waals surface area contributed by atoms with Gasteiger partial charge in [-0.2, -0.15) is 0 Å². The van der Waals surface area contributed by atoms with E-state index in [9.17, 15) is 14.4 Å². The molecule has 164 valence electrons. The third-order valence-corrected chi connectivity index (χ3v) is 5.97. The molecule has 0 bridgehead atoms. The highest BCUT2D eigenvalue weighted by Crippen LogP contribution is 2.30. The second-order valence-electron chi connectivity index (χ2n) is 8.07. The van der Waals surface area contributed by atoms with E-state index in [4.69, 9.17) is 4.74 Å². The van der Waals surface area contributed by atoms with Crippen molar-refractivity contribution in [3.63, 3.8) is 0 Å². The van der Waals surface area contributed by atoms with Gasteiger partial charge in [0.25, 0.3) is 5.91 Å². The van der Waals surface area contributed by atoms with E-state index in [0.29, 0.717) is 29.9 Å². The maximum absolute atomic E-state index is 13.4. The quantitative estimate of drug-likeness (QED) is 0.603. The third kappa shape index (κ3) is 4.35. The summed E-state index contributed by atoms with van der Waals surface area (Å²) in [4.78, 5) is 39.4. The molecular weight excluding hydrogens is 404 g/mol. The van der Waals surface area contributed by atoms with Crippen LogP contribution in [-0.2, 0) is 4.79 Å². The van der Waals surface area contributed by atoms with Crippen LogP contribution in [0.25, 0.3) is 10.8 Å². The number of fused-ring (bicyclic) bond motifs is 1. The van der Waals surface area contributed by atoms with Gasteiger partial charge in [0.1, 0.15) is 5.75 Å². The summed E-state index contributed by atoms with van der Waals surface area (Å²) >= 11 is 0. The van der Waals surface area contributed by atoms with Crippen molar-refractivity contribution in [2.24, 2.45) is 5.92 Å². The molecule has 0 spiro atoms. The largest absolute Gasteiger partial charge is 0.496 e. The Hall–Kier alpha value is -3.67. The number of nitrogens with one attached hydrogen (secondary N) is 1. The van der Waals surface area contributed by atoms with E-state index in [1.165, 1.54) is 6.92 Å². The van der Waals surface area contributed by atoms with E-state index in [2.05, 4.69) is 5.32 Å². The zero-order valence-corrected chi connectivity index (χ0v) is 18.3. The molecule has 6 heteroatoms. The summed E-state index contributed by atoms with van der Waals surface area (Å²) in [5.74, 6) is 0.230. The molecule has 1 aliphatic rings. The summed E-state index contributed by atoms with van der Waals surface area (Å²) < 4.78 is 5.44. The lowest BCUT2D eigenvalue weighted by atomic mass is 9.95. The summed E-state index contributed by atoms with van der Waals surface area (Å²) in [5.41, 5.74) is 1.86. The number of Topliss-reactive ketones (excluding diaryl/α,β-unsaturated/α-hetero) is 1. The molecule has 32 heavy (non-hydrogen) atoms. The predicted molar refractivity (Wildman–Crippen MR) is 124 cm³/mol. The van der Waals surface area contributed by atoms with Crippen molar-refractivity contribution in [1.82, 2.24) is 4.90 Å². The summed E-state index contributed by atoms with van der Waals surface area (Å²) in [6.45, 7) is 2.50. The Kier molecular flexibility index (Phi) is 6.21. The monoisotopic (exact) mass is 430 g/mol. The van der Waals surface area contributed by atoms with Crippen LogP contribution in [0.3, 0.4) is 0 Å². The number of anilines is 1.